The monoisotopic (exact) mass is 810 g/mol. The predicted molar refractivity (Wildman–Crippen MR) is 259 cm³/mol. The summed E-state index contributed by atoms with van der Waals surface area (Å²) in [6.45, 7) is 0. The summed E-state index contributed by atoms with van der Waals surface area (Å²) in [6.07, 6.45) is 0. The Bertz CT molecular complexity index is 3980. The molecule has 1 heterocycles. The number of hydrogen-bond donors (Lipinski definition) is 0. The Morgan fingerprint density at radius 1 is 0.333 bits per heavy atom. The molecule has 0 amide bonds. The molecule has 0 saturated heterocycles. The molecule has 12 rings (SSSR count). The molecule has 0 atom stereocenters. The van der Waals surface area contributed by atoms with Crippen LogP contribution in [-0.2, 0) is 5.41 Å². The molecule has 1 aromatic heterocycles. The van der Waals surface area contributed by atoms with E-state index in [1.165, 1.54) is 0 Å². The van der Waals surface area contributed by atoms with Crippen LogP contribution in [0.5, 0.6) is 0 Å². The molecule has 10 aromatic carbocycles. The lowest BCUT2D eigenvalue weighted by atomic mass is 9.67. The molecule has 3 heteroatoms. The zero-order valence-corrected chi connectivity index (χ0v) is 33.7. The third-order valence-electron chi connectivity index (χ3n) is 12.2. The van der Waals surface area contributed by atoms with Crippen LogP contribution in [0, 0.1) is 0 Å². The number of rotatable bonds is 7. The molecule has 0 saturated carbocycles. The molecule has 63 heavy (non-hydrogen) atoms. The SMILES string of the molecule is [2H]c1c([2H])c([2H])c(-c2nc(-c3ccc4c(c3)C(c3ccccc3)(c3ccccc3)c3ccccc3-4)nc(-c3c([2H])c([2H])c([2H])c(-c4ccc5cc(-c6cccc7ccccc67)ccc5c4)c3[2H])n2)c([2H])c1[2H]. The summed E-state index contributed by atoms with van der Waals surface area (Å²) in [5, 5.41) is 4.03. The van der Waals surface area contributed by atoms with Gasteiger partial charge in [0.05, 0.1) is 17.8 Å². The van der Waals surface area contributed by atoms with Gasteiger partial charge in [0, 0.05) is 16.7 Å². The van der Waals surface area contributed by atoms with E-state index in [4.69, 9.17) is 23.2 Å². The number of aromatic nitrogens is 3. The van der Waals surface area contributed by atoms with Crippen LogP contribution >= 0.6 is 0 Å². The number of nitrogens with zero attached hydrogens (tertiary/aromatic N) is 3. The van der Waals surface area contributed by atoms with Crippen molar-refractivity contribution in [2.24, 2.45) is 0 Å². The number of benzene rings is 10. The van der Waals surface area contributed by atoms with E-state index in [0.29, 0.717) is 11.1 Å². The van der Waals surface area contributed by atoms with Gasteiger partial charge < -0.3 is 0 Å². The highest BCUT2D eigenvalue weighted by Crippen LogP contribution is 2.56. The average Bonchev–Trinajstić information content (AvgIpc) is 3.72. The second-order valence-corrected chi connectivity index (χ2v) is 15.6. The molecule has 1 aliphatic rings. The minimum atomic E-state index is -0.797. The van der Waals surface area contributed by atoms with Crippen molar-refractivity contribution in [3.63, 3.8) is 0 Å². The fraction of sp³-hybridized carbons (Fsp3) is 0.0167. The standard InChI is InChI=1S/C60H39N3/c1-4-17-41(18-5-1)57-61-58(47-21-14-20-42(38-47)43-30-31-45-37-46(33-32-44(45)36-43)52-28-15-19-40-16-10-11-26-51(40)52)63-59(62-57)48-34-35-54-53-27-12-13-29-55(53)60(56(54)39-48,49-22-6-2-7-23-49)50-24-8-3-9-25-50/h1-39H/i1D,4D,5D,14D,17D,18D,20D,21D,38D. The molecule has 0 aliphatic heterocycles. The first-order valence-electron chi connectivity index (χ1n) is 25.3. The maximum absolute atomic E-state index is 9.80. The smallest absolute Gasteiger partial charge is 0.164 e. The van der Waals surface area contributed by atoms with Crippen LogP contribution in [0.4, 0.5) is 0 Å². The van der Waals surface area contributed by atoms with Gasteiger partial charge in [0.2, 0.25) is 0 Å². The molecule has 11 aromatic rings. The summed E-state index contributed by atoms with van der Waals surface area (Å²) in [6, 6.07) is 56.5. The van der Waals surface area contributed by atoms with E-state index in [-0.39, 0.29) is 46.2 Å². The maximum Gasteiger partial charge on any atom is 0.164 e. The van der Waals surface area contributed by atoms with Crippen LogP contribution in [0.1, 0.15) is 34.6 Å². The minimum absolute atomic E-state index is 0.0464. The van der Waals surface area contributed by atoms with Crippen LogP contribution in [0.2, 0.25) is 0 Å². The highest BCUT2D eigenvalue weighted by Gasteiger charge is 2.46. The van der Waals surface area contributed by atoms with E-state index in [9.17, 15) is 4.11 Å². The van der Waals surface area contributed by atoms with Crippen molar-refractivity contribution in [2.45, 2.75) is 5.41 Å². The number of fused-ring (bicyclic) bond motifs is 5. The quantitative estimate of drug-likeness (QED) is 0.161. The summed E-state index contributed by atoms with van der Waals surface area (Å²) in [5.74, 6) is -0.457. The van der Waals surface area contributed by atoms with Gasteiger partial charge >= 0.3 is 0 Å². The molecule has 0 bridgehead atoms. The van der Waals surface area contributed by atoms with Crippen molar-refractivity contribution in [1.82, 2.24) is 15.0 Å². The van der Waals surface area contributed by atoms with Gasteiger partial charge in [-0.25, -0.2) is 15.0 Å². The molecule has 0 spiro atoms. The van der Waals surface area contributed by atoms with Crippen molar-refractivity contribution in [3.05, 3.63) is 259 Å². The lowest BCUT2D eigenvalue weighted by molar-refractivity contribution is 0.768. The summed E-state index contributed by atoms with van der Waals surface area (Å²) in [7, 11) is 0. The van der Waals surface area contributed by atoms with Crippen molar-refractivity contribution in [2.75, 3.05) is 0 Å². The van der Waals surface area contributed by atoms with Crippen molar-refractivity contribution >= 4 is 21.5 Å². The van der Waals surface area contributed by atoms with Gasteiger partial charge in [-0.3, -0.25) is 0 Å². The zero-order valence-electron chi connectivity index (χ0n) is 42.7. The van der Waals surface area contributed by atoms with E-state index in [1.807, 2.05) is 109 Å². The highest BCUT2D eigenvalue weighted by molar-refractivity contribution is 5.99. The Labute approximate surface area is 379 Å². The van der Waals surface area contributed by atoms with Crippen molar-refractivity contribution in [3.8, 4) is 67.5 Å². The van der Waals surface area contributed by atoms with E-state index in [0.717, 1.165) is 66.1 Å². The first-order valence-corrected chi connectivity index (χ1v) is 20.8. The first-order chi connectivity index (χ1) is 34.9. The summed E-state index contributed by atoms with van der Waals surface area (Å²) in [5.41, 5.74) is 8.01. The Morgan fingerprint density at radius 2 is 0.889 bits per heavy atom. The van der Waals surface area contributed by atoms with Crippen LogP contribution < -0.4 is 0 Å². The molecular weight excluding hydrogens is 763 g/mol. The van der Waals surface area contributed by atoms with Crippen molar-refractivity contribution < 1.29 is 12.3 Å². The minimum Gasteiger partial charge on any atom is -0.208 e. The Hall–Kier alpha value is -8.27. The Kier molecular flexibility index (Phi) is 6.75. The second kappa shape index (κ2) is 15.0. The fourth-order valence-electron chi connectivity index (χ4n) is 9.32. The highest BCUT2D eigenvalue weighted by atomic mass is 15.0. The molecular formula is C60H39N3. The Morgan fingerprint density at radius 3 is 1.67 bits per heavy atom. The van der Waals surface area contributed by atoms with Crippen LogP contribution in [-0.4, -0.2) is 15.0 Å². The molecule has 0 fully saturated rings. The van der Waals surface area contributed by atoms with Gasteiger partial charge in [0.15, 0.2) is 17.5 Å². The van der Waals surface area contributed by atoms with E-state index < -0.39 is 47.7 Å². The third-order valence-corrected chi connectivity index (χ3v) is 12.2. The molecule has 0 N–H and O–H groups in total. The van der Waals surface area contributed by atoms with Gasteiger partial charge in [0.1, 0.15) is 0 Å². The molecule has 0 radical (unpaired) electrons. The lowest BCUT2D eigenvalue weighted by Gasteiger charge is -2.34. The van der Waals surface area contributed by atoms with Crippen LogP contribution in [0.15, 0.2) is 236 Å². The van der Waals surface area contributed by atoms with Gasteiger partial charge in [-0.05, 0) is 101 Å². The third kappa shape index (κ3) is 6.16. The zero-order chi connectivity index (χ0) is 49.6. The van der Waals surface area contributed by atoms with Crippen LogP contribution in [0.25, 0.3) is 89.1 Å². The Balaban J connectivity index is 1.07. The van der Waals surface area contributed by atoms with Gasteiger partial charge in [-0.2, -0.15) is 0 Å². The lowest BCUT2D eigenvalue weighted by Crippen LogP contribution is -2.28. The van der Waals surface area contributed by atoms with Gasteiger partial charge in [-0.15, -0.1) is 0 Å². The molecule has 1 aliphatic carbocycles. The average molecular weight is 811 g/mol. The van der Waals surface area contributed by atoms with Crippen LogP contribution in [0.3, 0.4) is 0 Å². The van der Waals surface area contributed by atoms with Gasteiger partial charge in [-0.1, -0.05) is 212 Å². The van der Waals surface area contributed by atoms with E-state index in [2.05, 4.69) is 66.7 Å². The molecule has 3 nitrogen and oxygen atoms in total. The van der Waals surface area contributed by atoms with Crippen molar-refractivity contribution in [1.29, 1.82) is 0 Å². The van der Waals surface area contributed by atoms with E-state index in [1.54, 1.807) is 6.07 Å². The second-order valence-electron chi connectivity index (χ2n) is 15.6. The largest absolute Gasteiger partial charge is 0.208 e. The first kappa shape index (κ1) is 28.3. The predicted octanol–water partition coefficient (Wildman–Crippen LogP) is 14.9. The topological polar surface area (TPSA) is 38.7 Å². The van der Waals surface area contributed by atoms with Gasteiger partial charge in [0.25, 0.3) is 0 Å². The normalized spacial score (nSPS) is 14.6. The maximum atomic E-state index is 9.80. The molecule has 0 unspecified atom stereocenters. The summed E-state index contributed by atoms with van der Waals surface area (Å²) >= 11 is 0. The molecule has 294 valence electrons. The van der Waals surface area contributed by atoms with E-state index >= 15 is 0 Å². The fourth-order valence-corrected chi connectivity index (χ4v) is 9.32. The summed E-state index contributed by atoms with van der Waals surface area (Å²) in [4.78, 5) is 14.6. The number of hydrogen-bond acceptors (Lipinski definition) is 3. The summed E-state index contributed by atoms with van der Waals surface area (Å²) < 4.78 is 81.0.